The molecule has 1 heterocycles. The fourth-order valence-electron chi connectivity index (χ4n) is 2.08. The van der Waals surface area contributed by atoms with Gasteiger partial charge in [-0.3, -0.25) is 9.59 Å². The largest absolute Gasteiger partial charge is 0.379 e. The Morgan fingerprint density at radius 1 is 1.53 bits per heavy atom. The van der Waals surface area contributed by atoms with Crippen molar-refractivity contribution in [1.82, 2.24) is 4.90 Å². The maximum atomic E-state index is 11.9. The van der Waals surface area contributed by atoms with Crippen molar-refractivity contribution in [2.45, 2.75) is 31.9 Å². The van der Waals surface area contributed by atoms with Gasteiger partial charge in [0.2, 0.25) is 11.8 Å². The van der Waals surface area contributed by atoms with Gasteiger partial charge in [-0.25, -0.2) is 0 Å². The first-order valence-corrected chi connectivity index (χ1v) is 5.81. The highest BCUT2D eigenvalue weighted by molar-refractivity contribution is 5.87. The van der Waals surface area contributed by atoms with Crippen molar-refractivity contribution in [3.63, 3.8) is 0 Å². The van der Waals surface area contributed by atoms with E-state index in [0.29, 0.717) is 19.0 Å². The third-order valence-corrected chi connectivity index (χ3v) is 3.24. The summed E-state index contributed by atoms with van der Waals surface area (Å²) in [5, 5.41) is 0. The molecule has 1 aliphatic rings. The Morgan fingerprint density at radius 3 is 2.71 bits per heavy atom. The van der Waals surface area contributed by atoms with Crippen LogP contribution in [0.3, 0.4) is 0 Å². The van der Waals surface area contributed by atoms with E-state index in [1.807, 2.05) is 0 Å². The highest BCUT2D eigenvalue weighted by Crippen LogP contribution is 2.19. The summed E-state index contributed by atoms with van der Waals surface area (Å²) < 4.78 is 5.32. The molecule has 3 atom stereocenters. The Hall–Kier alpha value is -1.14. The van der Waals surface area contributed by atoms with E-state index >= 15 is 0 Å². The van der Waals surface area contributed by atoms with Gasteiger partial charge in [0.15, 0.2) is 0 Å². The predicted molar refractivity (Wildman–Crippen MR) is 62.9 cm³/mol. The van der Waals surface area contributed by atoms with Gasteiger partial charge in [-0.05, 0) is 12.3 Å². The van der Waals surface area contributed by atoms with Crippen LogP contribution in [0.15, 0.2) is 0 Å². The quantitative estimate of drug-likeness (QED) is 0.666. The Kier molecular flexibility index (Phi) is 4.89. The molecule has 1 rings (SSSR count). The normalized spacial score (nSPS) is 26.6. The zero-order valence-corrected chi connectivity index (χ0v) is 10.4. The number of rotatable bonds is 4. The van der Waals surface area contributed by atoms with Gasteiger partial charge in [-0.1, -0.05) is 6.92 Å². The van der Waals surface area contributed by atoms with Crippen molar-refractivity contribution in [3.8, 4) is 0 Å². The Labute approximate surface area is 101 Å². The van der Waals surface area contributed by atoms with Gasteiger partial charge in [0, 0.05) is 20.2 Å². The smallest absolute Gasteiger partial charge is 0.240 e. The molecule has 2 amide bonds. The third-order valence-electron chi connectivity index (χ3n) is 3.24. The summed E-state index contributed by atoms with van der Waals surface area (Å²) in [5.74, 6) is -0.353. The molecular weight excluding hydrogens is 222 g/mol. The number of hydrogen-bond donors (Lipinski definition) is 2. The van der Waals surface area contributed by atoms with E-state index < -0.39 is 11.9 Å². The fraction of sp³-hybridized carbons (Fsp3) is 0.818. The zero-order chi connectivity index (χ0) is 13.0. The molecule has 0 bridgehead atoms. The standard InChI is InChI=1S/C11H21N3O3/c1-7-3-4-14(6-9(7)17-2)11(16)8(12)5-10(13)15/h7-9H,3-6,12H2,1-2H3,(H2,13,15). The van der Waals surface area contributed by atoms with E-state index in [4.69, 9.17) is 16.2 Å². The molecular formula is C11H21N3O3. The van der Waals surface area contributed by atoms with Crippen molar-refractivity contribution in [3.05, 3.63) is 0 Å². The monoisotopic (exact) mass is 243 g/mol. The number of amides is 2. The van der Waals surface area contributed by atoms with E-state index in [1.54, 1.807) is 12.0 Å². The van der Waals surface area contributed by atoms with E-state index in [2.05, 4.69) is 6.92 Å². The van der Waals surface area contributed by atoms with Crippen LogP contribution in [0.1, 0.15) is 19.8 Å². The maximum Gasteiger partial charge on any atom is 0.240 e. The van der Waals surface area contributed by atoms with Crippen LogP contribution in [-0.2, 0) is 14.3 Å². The molecule has 1 aliphatic heterocycles. The number of piperidine rings is 1. The van der Waals surface area contributed by atoms with Crippen LogP contribution >= 0.6 is 0 Å². The summed E-state index contributed by atoms with van der Waals surface area (Å²) in [5.41, 5.74) is 10.7. The summed E-state index contributed by atoms with van der Waals surface area (Å²) >= 11 is 0. The van der Waals surface area contributed by atoms with Crippen molar-refractivity contribution in [1.29, 1.82) is 0 Å². The molecule has 0 aromatic heterocycles. The first-order chi connectivity index (χ1) is 7.95. The van der Waals surface area contributed by atoms with Gasteiger partial charge in [-0.15, -0.1) is 0 Å². The summed E-state index contributed by atoms with van der Waals surface area (Å²) in [4.78, 5) is 24.3. The highest BCUT2D eigenvalue weighted by atomic mass is 16.5. The van der Waals surface area contributed by atoms with Crippen molar-refractivity contribution < 1.29 is 14.3 Å². The molecule has 1 fully saturated rings. The molecule has 0 aromatic carbocycles. The Morgan fingerprint density at radius 2 is 2.18 bits per heavy atom. The summed E-state index contributed by atoms with van der Waals surface area (Å²) in [6, 6.07) is -0.835. The number of methoxy groups -OCH3 is 1. The lowest BCUT2D eigenvalue weighted by molar-refractivity contribution is -0.139. The van der Waals surface area contributed by atoms with Crippen LogP contribution in [0.4, 0.5) is 0 Å². The first-order valence-electron chi connectivity index (χ1n) is 5.81. The average molecular weight is 243 g/mol. The Bertz CT molecular complexity index is 296. The lowest BCUT2D eigenvalue weighted by Gasteiger charge is -2.37. The second-order valence-corrected chi connectivity index (χ2v) is 4.60. The van der Waals surface area contributed by atoms with Gasteiger partial charge in [-0.2, -0.15) is 0 Å². The van der Waals surface area contributed by atoms with E-state index in [9.17, 15) is 9.59 Å². The van der Waals surface area contributed by atoms with Crippen LogP contribution in [0.25, 0.3) is 0 Å². The van der Waals surface area contributed by atoms with Gasteiger partial charge >= 0.3 is 0 Å². The van der Waals surface area contributed by atoms with E-state index in [-0.39, 0.29) is 18.4 Å². The SMILES string of the molecule is COC1CN(C(=O)C(N)CC(N)=O)CCC1C. The second kappa shape index (κ2) is 5.97. The van der Waals surface area contributed by atoms with E-state index in [1.165, 1.54) is 0 Å². The molecule has 0 radical (unpaired) electrons. The number of primary amides is 1. The number of carbonyl (C=O) groups is 2. The van der Waals surface area contributed by atoms with Crippen molar-refractivity contribution in [2.75, 3.05) is 20.2 Å². The molecule has 1 saturated heterocycles. The zero-order valence-electron chi connectivity index (χ0n) is 10.4. The molecule has 98 valence electrons. The van der Waals surface area contributed by atoms with Crippen LogP contribution in [0.2, 0.25) is 0 Å². The topological polar surface area (TPSA) is 98.7 Å². The summed E-state index contributed by atoms with van der Waals surface area (Å²) in [6.07, 6.45) is 0.810. The van der Waals surface area contributed by atoms with Crippen LogP contribution in [0, 0.1) is 5.92 Å². The van der Waals surface area contributed by atoms with Crippen LogP contribution in [0.5, 0.6) is 0 Å². The molecule has 0 aliphatic carbocycles. The number of nitrogens with zero attached hydrogens (tertiary/aromatic N) is 1. The second-order valence-electron chi connectivity index (χ2n) is 4.60. The molecule has 0 saturated carbocycles. The Balaban J connectivity index is 2.55. The predicted octanol–water partition coefficient (Wildman–Crippen LogP) is -0.927. The summed E-state index contributed by atoms with van der Waals surface area (Å²) in [7, 11) is 1.64. The minimum absolute atomic E-state index is 0.0356. The molecule has 3 unspecified atom stereocenters. The van der Waals surface area contributed by atoms with Gasteiger partial charge < -0.3 is 21.1 Å². The minimum atomic E-state index is -0.835. The average Bonchev–Trinajstić information content (AvgIpc) is 2.27. The van der Waals surface area contributed by atoms with Gasteiger partial charge in [0.1, 0.15) is 0 Å². The molecule has 0 spiro atoms. The molecule has 6 heteroatoms. The van der Waals surface area contributed by atoms with Crippen LogP contribution in [-0.4, -0.2) is 49.1 Å². The lowest BCUT2D eigenvalue weighted by Crippen LogP contribution is -2.52. The number of nitrogens with two attached hydrogens (primary N) is 2. The van der Waals surface area contributed by atoms with E-state index in [0.717, 1.165) is 6.42 Å². The third kappa shape index (κ3) is 3.67. The minimum Gasteiger partial charge on any atom is -0.379 e. The summed E-state index contributed by atoms with van der Waals surface area (Å²) in [6.45, 7) is 3.29. The fourth-order valence-corrected chi connectivity index (χ4v) is 2.08. The number of hydrogen-bond acceptors (Lipinski definition) is 4. The molecule has 6 nitrogen and oxygen atoms in total. The number of carbonyl (C=O) groups excluding carboxylic acids is 2. The molecule has 4 N–H and O–H groups in total. The molecule has 17 heavy (non-hydrogen) atoms. The highest BCUT2D eigenvalue weighted by Gasteiger charge is 2.31. The number of ether oxygens (including phenoxy) is 1. The maximum absolute atomic E-state index is 11.9. The molecule has 0 aromatic rings. The van der Waals surface area contributed by atoms with Gasteiger partial charge in [0.05, 0.1) is 18.6 Å². The number of likely N-dealkylation sites (tertiary alicyclic amines) is 1. The van der Waals surface area contributed by atoms with Crippen molar-refractivity contribution >= 4 is 11.8 Å². The van der Waals surface area contributed by atoms with Crippen molar-refractivity contribution in [2.24, 2.45) is 17.4 Å². The first kappa shape index (κ1) is 13.9. The lowest BCUT2D eigenvalue weighted by atomic mass is 9.95. The van der Waals surface area contributed by atoms with Crippen LogP contribution < -0.4 is 11.5 Å². The van der Waals surface area contributed by atoms with Gasteiger partial charge in [0.25, 0.3) is 0 Å².